The van der Waals surface area contributed by atoms with Gasteiger partial charge < -0.3 is 5.11 Å². The summed E-state index contributed by atoms with van der Waals surface area (Å²) in [7, 11) is 0. The summed E-state index contributed by atoms with van der Waals surface area (Å²) in [6, 6.07) is 6.25. The van der Waals surface area contributed by atoms with Crippen LogP contribution < -0.4 is 0 Å². The summed E-state index contributed by atoms with van der Waals surface area (Å²) in [6.07, 6.45) is -3.65. The fourth-order valence-corrected chi connectivity index (χ4v) is 2.12. The highest BCUT2D eigenvalue weighted by Crippen LogP contribution is 2.39. The van der Waals surface area contributed by atoms with Crippen molar-refractivity contribution in [3.8, 4) is 11.1 Å². The molecular formula is C14H9ClF3NO2. The SMILES string of the molecule is O=C(O)Cc1cnc(Cl)c(-c2ccccc2C(F)(F)F)c1. The highest BCUT2D eigenvalue weighted by molar-refractivity contribution is 6.32. The molecule has 0 amide bonds. The fourth-order valence-electron chi connectivity index (χ4n) is 1.92. The molecule has 3 nitrogen and oxygen atoms in total. The molecule has 2 rings (SSSR count). The molecule has 1 aromatic heterocycles. The molecule has 0 spiro atoms. The number of hydrogen-bond acceptors (Lipinski definition) is 2. The van der Waals surface area contributed by atoms with Gasteiger partial charge in [0.25, 0.3) is 0 Å². The number of rotatable bonds is 3. The number of pyridine rings is 1. The van der Waals surface area contributed by atoms with Crippen LogP contribution in [0.2, 0.25) is 5.15 Å². The second kappa shape index (κ2) is 5.73. The average Bonchev–Trinajstić information content (AvgIpc) is 2.39. The third kappa shape index (κ3) is 3.52. The molecule has 0 aliphatic carbocycles. The molecular weight excluding hydrogens is 307 g/mol. The highest BCUT2D eigenvalue weighted by Gasteiger charge is 2.33. The molecule has 0 aliphatic heterocycles. The molecule has 1 heterocycles. The number of aliphatic carboxylic acids is 1. The fraction of sp³-hybridized carbons (Fsp3) is 0.143. The van der Waals surface area contributed by atoms with Crippen molar-refractivity contribution in [3.05, 3.63) is 52.8 Å². The molecule has 21 heavy (non-hydrogen) atoms. The quantitative estimate of drug-likeness (QED) is 0.869. The molecule has 0 fully saturated rings. The van der Waals surface area contributed by atoms with Crippen molar-refractivity contribution in [2.24, 2.45) is 0 Å². The van der Waals surface area contributed by atoms with Crippen LogP contribution in [0.25, 0.3) is 11.1 Å². The first-order valence-corrected chi connectivity index (χ1v) is 6.19. The predicted octanol–water partition coefficient (Wildman–Crippen LogP) is 4.05. The van der Waals surface area contributed by atoms with Gasteiger partial charge in [0.2, 0.25) is 0 Å². The lowest BCUT2D eigenvalue weighted by Gasteiger charge is -2.14. The van der Waals surface area contributed by atoms with Crippen LogP contribution in [0.1, 0.15) is 11.1 Å². The first-order chi connectivity index (χ1) is 9.79. The zero-order chi connectivity index (χ0) is 15.6. The van der Waals surface area contributed by atoms with E-state index < -0.39 is 17.7 Å². The Labute approximate surface area is 123 Å². The van der Waals surface area contributed by atoms with E-state index in [1.165, 1.54) is 30.5 Å². The Hall–Kier alpha value is -2.08. The lowest BCUT2D eigenvalue weighted by molar-refractivity contribution is -0.137. The van der Waals surface area contributed by atoms with Gasteiger partial charge >= 0.3 is 12.1 Å². The third-order valence-electron chi connectivity index (χ3n) is 2.77. The van der Waals surface area contributed by atoms with Gasteiger partial charge in [-0.3, -0.25) is 4.79 Å². The van der Waals surface area contributed by atoms with E-state index in [0.717, 1.165) is 6.07 Å². The van der Waals surface area contributed by atoms with E-state index in [-0.39, 0.29) is 28.3 Å². The van der Waals surface area contributed by atoms with Crippen LogP contribution in [0.15, 0.2) is 36.5 Å². The van der Waals surface area contributed by atoms with E-state index in [1.54, 1.807) is 0 Å². The van der Waals surface area contributed by atoms with E-state index in [2.05, 4.69) is 4.98 Å². The Morgan fingerprint density at radius 3 is 2.52 bits per heavy atom. The van der Waals surface area contributed by atoms with Crippen molar-refractivity contribution in [1.29, 1.82) is 0 Å². The number of carbonyl (C=O) groups is 1. The van der Waals surface area contributed by atoms with Crippen LogP contribution in [-0.2, 0) is 17.4 Å². The van der Waals surface area contributed by atoms with Gasteiger partial charge in [-0.15, -0.1) is 0 Å². The van der Waals surface area contributed by atoms with E-state index >= 15 is 0 Å². The summed E-state index contributed by atoms with van der Waals surface area (Å²) >= 11 is 5.86. The van der Waals surface area contributed by atoms with Gasteiger partial charge in [-0.2, -0.15) is 13.2 Å². The minimum atomic E-state index is -4.54. The Balaban J connectivity index is 2.59. The second-order valence-electron chi connectivity index (χ2n) is 4.30. The summed E-state index contributed by atoms with van der Waals surface area (Å²) in [4.78, 5) is 14.5. The number of alkyl halides is 3. The van der Waals surface area contributed by atoms with E-state index in [4.69, 9.17) is 16.7 Å². The maximum atomic E-state index is 13.0. The summed E-state index contributed by atoms with van der Waals surface area (Å²) < 4.78 is 39.1. The first kappa shape index (κ1) is 15.3. The Bertz CT molecular complexity index is 686. The Morgan fingerprint density at radius 2 is 1.90 bits per heavy atom. The number of benzene rings is 1. The van der Waals surface area contributed by atoms with Gasteiger partial charge in [0.05, 0.1) is 12.0 Å². The molecule has 0 aliphatic rings. The molecule has 2 aromatic rings. The van der Waals surface area contributed by atoms with Crippen LogP contribution in [0, 0.1) is 0 Å². The van der Waals surface area contributed by atoms with Crippen molar-refractivity contribution >= 4 is 17.6 Å². The molecule has 0 saturated carbocycles. The number of carboxylic acid groups (broad SMARTS) is 1. The standard InChI is InChI=1S/C14H9ClF3NO2/c15-13-10(5-8(7-19-13)6-12(20)21)9-3-1-2-4-11(9)14(16,17)18/h1-5,7H,6H2,(H,20,21). The number of aromatic nitrogens is 1. The zero-order valence-corrected chi connectivity index (χ0v) is 11.2. The predicted molar refractivity (Wildman–Crippen MR) is 71.0 cm³/mol. The molecule has 1 N–H and O–H groups in total. The van der Waals surface area contributed by atoms with Crippen molar-refractivity contribution in [2.75, 3.05) is 0 Å². The lowest BCUT2D eigenvalue weighted by atomic mass is 9.99. The molecule has 0 unspecified atom stereocenters. The molecule has 0 atom stereocenters. The van der Waals surface area contributed by atoms with E-state index in [0.29, 0.717) is 0 Å². The van der Waals surface area contributed by atoms with Crippen molar-refractivity contribution in [2.45, 2.75) is 12.6 Å². The van der Waals surface area contributed by atoms with Crippen LogP contribution in [0.4, 0.5) is 13.2 Å². The van der Waals surface area contributed by atoms with Crippen LogP contribution in [-0.4, -0.2) is 16.1 Å². The van der Waals surface area contributed by atoms with Crippen LogP contribution >= 0.6 is 11.6 Å². The highest BCUT2D eigenvalue weighted by atomic mass is 35.5. The normalized spacial score (nSPS) is 11.4. The molecule has 7 heteroatoms. The maximum Gasteiger partial charge on any atom is 0.417 e. The third-order valence-corrected chi connectivity index (χ3v) is 3.07. The summed E-state index contributed by atoms with van der Waals surface area (Å²) in [6.45, 7) is 0. The van der Waals surface area contributed by atoms with Gasteiger partial charge in [-0.1, -0.05) is 29.8 Å². The Kier molecular flexibility index (Phi) is 4.18. The zero-order valence-electron chi connectivity index (χ0n) is 10.5. The minimum Gasteiger partial charge on any atom is -0.481 e. The van der Waals surface area contributed by atoms with Crippen molar-refractivity contribution in [3.63, 3.8) is 0 Å². The summed E-state index contributed by atoms with van der Waals surface area (Å²) in [5.74, 6) is -1.10. The number of nitrogens with zero attached hydrogens (tertiary/aromatic N) is 1. The van der Waals surface area contributed by atoms with Gasteiger partial charge in [0.1, 0.15) is 5.15 Å². The number of halogens is 4. The molecule has 0 radical (unpaired) electrons. The van der Waals surface area contributed by atoms with Gasteiger partial charge in [0, 0.05) is 11.8 Å². The lowest BCUT2D eigenvalue weighted by Crippen LogP contribution is -2.07. The van der Waals surface area contributed by atoms with Crippen molar-refractivity contribution in [1.82, 2.24) is 4.98 Å². The summed E-state index contributed by atoms with van der Waals surface area (Å²) in [5, 5.41) is 8.63. The topological polar surface area (TPSA) is 50.2 Å². The molecule has 110 valence electrons. The largest absolute Gasteiger partial charge is 0.481 e. The van der Waals surface area contributed by atoms with E-state index in [9.17, 15) is 18.0 Å². The first-order valence-electron chi connectivity index (χ1n) is 5.82. The molecule has 0 saturated heterocycles. The smallest absolute Gasteiger partial charge is 0.417 e. The average molecular weight is 316 g/mol. The van der Waals surface area contributed by atoms with Crippen molar-refractivity contribution < 1.29 is 23.1 Å². The minimum absolute atomic E-state index is 0.0586. The summed E-state index contributed by atoms with van der Waals surface area (Å²) in [5.41, 5.74) is -0.641. The monoisotopic (exact) mass is 315 g/mol. The van der Waals surface area contributed by atoms with Crippen LogP contribution in [0.5, 0.6) is 0 Å². The van der Waals surface area contributed by atoms with Crippen LogP contribution in [0.3, 0.4) is 0 Å². The van der Waals surface area contributed by atoms with E-state index in [1.807, 2.05) is 0 Å². The number of hydrogen-bond donors (Lipinski definition) is 1. The maximum absolute atomic E-state index is 13.0. The molecule has 0 bridgehead atoms. The van der Waals surface area contributed by atoms with Gasteiger partial charge in [0.15, 0.2) is 0 Å². The Morgan fingerprint density at radius 1 is 1.24 bits per heavy atom. The number of carboxylic acids is 1. The van der Waals surface area contributed by atoms with Gasteiger partial charge in [-0.25, -0.2) is 4.98 Å². The van der Waals surface area contributed by atoms with Gasteiger partial charge in [-0.05, 0) is 23.3 Å². The second-order valence-corrected chi connectivity index (χ2v) is 4.65. The molecule has 1 aromatic carbocycles.